The number of carbonyl (C=O) groups is 1. The van der Waals surface area contributed by atoms with E-state index >= 15 is 0 Å². The number of hydrogen-bond donors (Lipinski definition) is 1. The third kappa shape index (κ3) is 5.33. The Balaban J connectivity index is 1.31. The van der Waals surface area contributed by atoms with E-state index in [9.17, 15) is 13.2 Å². The molecule has 0 spiro atoms. The van der Waals surface area contributed by atoms with Crippen LogP contribution in [0, 0.1) is 0 Å². The second-order valence-electron chi connectivity index (χ2n) is 9.36. The van der Waals surface area contributed by atoms with E-state index < -0.39 is 10.0 Å². The number of amides is 1. The minimum absolute atomic E-state index is 0.0565. The molecule has 3 aromatic carbocycles. The molecule has 1 aliphatic carbocycles. The zero-order chi connectivity index (χ0) is 25.1. The SMILES string of the molecule is CS(=O)(=O)N(Cc1ccccc1)c1cccc2c1CCCC2CNC(=O)Cc1ccc2c(c1)OCO2. The molecule has 3 aromatic rings. The number of nitrogens with zero attached hydrogens (tertiary/aromatic N) is 1. The van der Waals surface area contributed by atoms with Crippen LogP contribution in [-0.2, 0) is 34.2 Å². The van der Waals surface area contributed by atoms with Crippen LogP contribution in [-0.4, -0.2) is 33.9 Å². The van der Waals surface area contributed by atoms with Gasteiger partial charge >= 0.3 is 0 Å². The van der Waals surface area contributed by atoms with Gasteiger partial charge in [0, 0.05) is 12.5 Å². The highest BCUT2D eigenvalue weighted by Crippen LogP contribution is 2.38. The average Bonchev–Trinajstić information content (AvgIpc) is 3.34. The fraction of sp³-hybridized carbons (Fsp3) is 0.321. The number of sulfonamides is 1. The second kappa shape index (κ2) is 10.2. The van der Waals surface area contributed by atoms with Crippen molar-refractivity contribution in [3.8, 4) is 11.5 Å². The number of ether oxygens (including phenoxy) is 2. The summed E-state index contributed by atoms with van der Waals surface area (Å²) in [6.45, 7) is 1.00. The Kier molecular flexibility index (Phi) is 6.87. The predicted octanol–water partition coefficient (Wildman–Crippen LogP) is 4.16. The van der Waals surface area contributed by atoms with Crippen molar-refractivity contribution in [1.29, 1.82) is 0 Å². The van der Waals surface area contributed by atoms with Crippen LogP contribution < -0.4 is 19.1 Å². The van der Waals surface area contributed by atoms with Crippen LogP contribution in [0.3, 0.4) is 0 Å². The highest BCUT2D eigenvalue weighted by Gasteiger charge is 2.27. The van der Waals surface area contributed by atoms with Gasteiger partial charge in [-0.3, -0.25) is 9.10 Å². The maximum absolute atomic E-state index is 12.8. The lowest BCUT2D eigenvalue weighted by molar-refractivity contribution is -0.120. The third-order valence-corrected chi connectivity index (χ3v) is 7.92. The second-order valence-corrected chi connectivity index (χ2v) is 11.3. The number of hydrogen-bond acceptors (Lipinski definition) is 5. The van der Waals surface area contributed by atoms with Crippen LogP contribution in [0.4, 0.5) is 5.69 Å². The number of rotatable bonds is 8. The van der Waals surface area contributed by atoms with Crippen molar-refractivity contribution in [3.63, 3.8) is 0 Å². The van der Waals surface area contributed by atoms with Gasteiger partial charge in [0.2, 0.25) is 22.7 Å². The molecule has 7 nitrogen and oxygen atoms in total. The largest absolute Gasteiger partial charge is 0.454 e. The molecule has 0 fully saturated rings. The molecule has 1 aliphatic heterocycles. The molecule has 5 rings (SSSR count). The van der Waals surface area contributed by atoms with E-state index in [1.165, 1.54) is 10.6 Å². The molecule has 0 saturated carbocycles. The van der Waals surface area contributed by atoms with Gasteiger partial charge in [-0.2, -0.15) is 0 Å². The van der Waals surface area contributed by atoms with Crippen molar-refractivity contribution in [3.05, 3.63) is 89.0 Å². The van der Waals surface area contributed by atoms with E-state index in [0.717, 1.165) is 47.2 Å². The summed E-state index contributed by atoms with van der Waals surface area (Å²) in [5.41, 5.74) is 4.70. The summed E-state index contributed by atoms with van der Waals surface area (Å²) in [6.07, 6.45) is 4.21. The molecule has 2 aliphatic rings. The van der Waals surface area contributed by atoms with E-state index in [2.05, 4.69) is 11.4 Å². The Bertz CT molecular complexity index is 1360. The van der Waals surface area contributed by atoms with Gasteiger partial charge in [-0.15, -0.1) is 0 Å². The Labute approximate surface area is 212 Å². The van der Waals surface area contributed by atoms with Gasteiger partial charge in [0.05, 0.1) is 24.9 Å². The number of carbonyl (C=O) groups excluding carboxylic acids is 1. The van der Waals surface area contributed by atoms with Gasteiger partial charge in [-0.25, -0.2) is 8.42 Å². The normalized spacial score (nSPS) is 16.3. The van der Waals surface area contributed by atoms with Crippen LogP contribution in [0.1, 0.15) is 41.0 Å². The van der Waals surface area contributed by atoms with Crippen LogP contribution >= 0.6 is 0 Å². The molecule has 8 heteroatoms. The maximum atomic E-state index is 12.8. The first-order chi connectivity index (χ1) is 17.4. The first-order valence-corrected chi connectivity index (χ1v) is 14.0. The van der Waals surface area contributed by atoms with Crippen LogP contribution in [0.2, 0.25) is 0 Å². The number of nitrogens with one attached hydrogen (secondary N) is 1. The van der Waals surface area contributed by atoms with Gasteiger partial charge in [-0.05, 0) is 59.7 Å². The summed E-state index contributed by atoms with van der Waals surface area (Å²) >= 11 is 0. The molecule has 1 amide bonds. The maximum Gasteiger partial charge on any atom is 0.232 e. The minimum Gasteiger partial charge on any atom is -0.454 e. The van der Waals surface area contributed by atoms with Gasteiger partial charge in [0.1, 0.15) is 0 Å². The molecule has 1 heterocycles. The highest BCUT2D eigenvalue weighted by molar-refractivity contribution is 7.92. The topological polar surface area (TPSA) is 84.9 Å². The summed E-state index contributed by atoms with van der Waals surface area (Å²) in [5, 5.41) is 3.09. The predicted molar refractivity (Wildman–Crippen MR) is 139 cm³/mol. The third-order valence-electron chi connectivity index (χ3n) is 6.79. The van der Waals surface area contributed by atoms with Crippen molar-refractivity contribution >= 4 is 21.6 Å². The Morgan fingerprint density at radius 3 is 2.61 bits per heavy atom. The monoisotopic (exact) mass is 506 g/mol. The summed E-state index contributed by atoms with van der Waals surface area (Å²) in [5.74, 6) is 1.44. The molecule has 0 saturated heterocycles. The lowest BCUT2D eigenvalue weighted by Gasteiger charge is -2.31. The smallest absolute Gasteiger partial charge is 0.232 e. The molecule has 36 heavy (non-hydrogen) atoms. The lowest BCUT2D eigenvalue weighted by atomic mass is 9.82. The number of anilines is 1. The fourth-order valence-electron chi connectivity index (χ4n) is 5.04. The van der Waals surface area contributed by atoms with Gasteiger partial charge in [0.15, 0.2) is 11.5 Å². The summed E-state index contributed by atoms with van der Waals surface area (Å²) < 4.78 is 37.9. The van der Waals surface area contributed by atoms with E-state index in [1.807, 2.05) is 60.7 Å². The van der Waals surface area contributed by atoms with Crippen LogP contribution in [0.5, 0.6) is 11.5 Å². The zero-order valence-corrected chi connectivity index (χ0v) is 21.1. The van der Waals surface area contributed by atoms with E-state index in [4.69, 9.17) is 9.47 Å². The minimum atomic E-state index is -3.49. The quantitative estimate of drug-likeness (QED) is 0.496. The summed E-state index contributed by atoms with van der Waals surface area (Å²) in [6, 6.07) is 21.0. The van der Waals surface area contributed by atoms with Crippen LogP contribution in [0.25, 0.3) is 0 Å². The lowest BCUT2D eigenvalue weighted by Crippen LogP contribution is -2.33. The molecule has 0 bridgehead atoms. The Morgan fingerprint density at radius 1 is 1.00 bits per heavy atom. The standard InChI is InChI=1S/C28H30N2O5S/c1-36(32,33)30(18-20-7-3-2-4-8-20)25-12-6-10-23-22(9-5-11-24(23)25)17-29-28(31)16-21-13-14-26-27(15-21)35-19-34-26/h2-4,6-8,10,12-15,22H,5,9,11,16-19H2,1H3,(H,29,31). The number of fused-ring (bicyclic) bond motifs is 2. The molecular weight excluding hydrogens is 476 g/mol. The first-order valence-electron chi connectivity index (χ1n) is 12.2. The number of benzene rings is 3. The highest BCUT2D eigenvalue weighted by atomic mass is 32.2. The average molecular weight is 507 g/mol. The van der Waals surface area contributed by atoms with E-state index in [-0.39, 0.29) is 31.6 Å². The van der Waals surface area contributed by atoms with E-state index in [0.29, 0.717) is 18.0 Å². The molecule has 1 unspecified atom stereocenters. The van der Waals surface area contributed by atoms with Gasteiger partial charge < -0.3 is 14.8 Å². The van der Waals surface area contributed by atoms with Crippen molar-refractivity contribution < 1.29 is 22.7 Å². The molecule has 1 N–H and O–H groups in total. The molecule has 1 atom stereocenters. The zero-order valence-electron chi connectivity index (χ0n) is 20.3. The molecule has 0 aromatic heterocycles. The van der Waals surface area contributed by atoms with Gasteiger partial charge in [-0.1, -0.05) is 48.5 Å². The molecule has 188 valence electrons. The van der Waals surface area contributed by atoms with Crippen molar-refractivity contribution in [2.24, 2.45) is 0 Å². The Morgan fingerprint density at radius 2 is 1.81 bits per heavy atom. The van der Waals surface area contributed by atoms with E-state index in [1.54, 1.807) is 0 Å². The van der Waals surface area contributed by atoms with Crippen molar-refractivity contribution in [2.45, 2.75) is 38.1 Å². The van der Waals surface area contributed by atoms with Crippen molar-refractivity contribution in [1.82, 2.24) is 5.32 Å². The fourth-order valence-corrected chi connectivity index (χ4v) is 5.95. The summed E-state index contributed by atoms with van der Waals surface area (Å²) in [4.78, 5) is 12.7. The van der Waals surface area contributed by atoms with Crippen LogP contribution in [0.15, 0.2) is 66.7 Å². The van der Waals surface area contributed by atoms with Gasteiger partial charge in [0.25, 0.3) is 0 Å². The Hall–Kier alpha value is -3.52. The molecular formula is C28H30N2O5S. The molecule has 0 radical (unpaired) electrons. The van der Waals surface area contributed by atoms with Crippen molar-refractivity contribution in [2.75, 3.05) is 23.9 Å². The summed E-state index contributed by atoms with van der Waals surface area (Å²) in [7, 11) is -3.49. The first kappa shape index (κ1) is 24.2.